The Hall–Kier alpha value is -2.89. The lowest BCUT2D eigenvalue weighted by molar-refractivity contribution is 0.229. The van der Waals surface area contributed by atoms with E-state index < -0.39 is 0 Å². The number of benzene rings is 2. The van der Waals surface area contributed by atoms with E-state index in [-0.39, 0.29) is 24.0 Å². The van der Waals surface area contributed by atoms with E-state index in [4.69, 9.17) is 14.2 Å². The molecular weight excluding hydrogens is 368 g/mol. The lowest BCUT2D eigenvalue weighted by atomic mass is 9.95. The van der Waals surface area contributed by atoms with Gasteiger partial charge in [0.1, 0.15) is 5.75 Å². The summed E-state index contributed by atoms with van der Waals surface area (Å²) in [5.41, 5.74) is 1.92. The second-order valence-electron chi connectivity index (χ2n) is 7.56. The monoisotopic (exact) mass is 398 g/mol. The van der Waals surface area contributed by atoms with Gasteiger partial charge in [0, 0.05) is 12.0 Å². The van der Waals surface area contributed by atoms with Gasteiger partial charge in [-0.1, -0.05) is 38.1 Å². The maximum absolute atomic E-state index is 12.7. The summed E-state index contributed by atoms with van der Waals surface area (Å²) in [6, 6.07) is 13.0. The molecule has 0 saturated carbocycles. The first-order chi connectivity index (χ1) is 14.0. The molecule has 1 heterocycles. The molecule has 6 heteroatoms. The Morgan fingerprint density at radius 3 is 2.45 bits per heavy atom. The zero-order valence-corrected chi connectivity index (χ0v) is 17.5. The molecule has 2 aromatic carbocycles. The summed E-state index contributed by atoms with van der Waals surface area (Å²) in [5.74, 6) is 2.44. The number of carbonyl (C=O) groups excluding carboxylic acids is 1. The number of hydrogen-bond donors (Lipinski definition) is 2. The molecule has 6 nitrogen and oxygen atoms in total. The average molecular weight is 399 g/mol. The smallest absolute Gasteiger partial charge is 0.315 e. The van der Waals surface area contributed by atoms with Crippen molar-refractivity contribution in [3.8, 4) is 17.2 Å². The molecule has 0 radical (unpaired) electrons. The topological polar surface area (TPSA) is 68.8 Å². The fourth-order valence-electron chi connectivity index (χ4n) is 3.49. The van der Waals surface area contributed by atoms with Crippen molar-refractivity contribution in [1.82, 2.24) is 10.6 Å². The third-order valence-corrected chi connectivity index (χ3v) is 5.04. The predicted octanol–water partition coefficient (Wildman–Crippen LogP) is 4.61. The van der Waals surface area contributed by atoms with Gasteiger partial charge in [-0.3, -0.25) is 0 Å². The number of para-hydroxylation sites is 1. The second-order valence-corrected chi connectivity index (χ2v) is 7.56. The van der Waals surface area contributed by atoms with Gasteiger partial charge in [0.05, 0.1) is 32.4 Å². The van der Waals surface area contributed by atoms with Gasteiger partial charge in [0.2, 0.25) is 0 Å². The molecule has 0 aromatic heterocycles. The Kier molecular flexibility index (Phi) is 6.86. The lowest BCUT2D eigenvalue weighted by Gasteiger charge is -2.25. The molecule has 0 spiro atoms. The Labute approximate surface area is 172 Å². The van der Waals surface area contributed by atoms with E-state index in [0.717, 1.165) is 34.8 Å². The maximum Gasteiger partial charge on any atom is 0.315 e. The highest BCUT2D eigenvalue weighted by atomic mass is 16.5. The molecule has 156 valence electrons. The van der Waals surface area contributed by atoms with E-state index in [1.54, 1.807) is 7.11 Å². The van der Waals surface area contributed by atoms with E-state index in [0.29, 0.717) is 13.2 Å². The molecule has 0 bridgehead atoms. The van der Waals surface area contributed by atoms with Crippen molar-refractivity contribution in [2.75, 3.05) is 20.3 Å². The van der Waals surface area contributed by atoms with Gasteiger partial charge in [0.25, 0.3) is 0 Å². The van der Waals surface area contributed by atoms with Gasteiger partial charge in [-0.2, -0.15) is 0 Å². The van der Waals surface area contributed by atoms with Crippen LogP contribution in [0.4, 0.5) is 4.79 Å². The third-order valence-electron chi connectivity index (χ3n) is 5.04. The predicted molar refractivity (Wildman–Crippen MR) is 113 cm³/mol. The summed E-state index contributed by atoms with van der Waals surface area (Å²) in [6.45, 7) is 7.39. The Morgan fingerprint density at radius 2 is 1.72 bits per heavy atom. The number of hydrogen-bond acceptors (Lipinski definition) is 4. The van der Waals surface area contributed by atoms with Crippen LogP contribution in [0.2, 0.25) is 0 Å². The Balaban J connectivity index is 1.72. The molecule has 2 aromatic rings. The standard InChI is InChI=1S/C23H30N2O4/c1-15(2)22(17-10-11-20-21(14-17)29-13-7-12-28-20)25-23(26)24-16(3)18-8-5-6-9-19(18)27-4/h5-6,8-11,14-16,22H,7,12-13H2,1-4H3,(H2,24,25,26)/t16-,22-/m1/s1. The van der Waals surface area contributed by atoms with Crippen LogP contribution in [0.25, 0.3) is 0 Å². The Bertz CT molecular complexity index is 837. The van der Waals surface area contributed by atoms with Crippen LogP contribution in [0.5, 0.6) is 17.2 Å². The summed E-state index contributed by atoms with van der Waals surface area (Å²) in [7, 11) is 1.63. The number of urea groups is 1. The highest BCUT2D eigenvalue weighted by Crippen LogP contribution is 2.34. The fraction of sp³-hybridized carbons (Fsp3) is 0.435. The van der Waals surface area contributed by atoms with Crippen molar-refractivity contribution >= 4 is 6.03 Å². The molecule has 0 aliphatic carbocycles. The zero-order valence-electron chi connectivity index (χ0n) is 17.5. The molecule has 3 rings (SSSR count). The maximum atomic E-state index is 12.7. The number of methoxy groups -OCH3 is 1. The summed E-state index contributed by atoms with van der Waals surface area (Å²) in [4.78, 5) is 12.7. The molecule has 2 N–H and O–H groups in total. The molecule has 0 unspecified atom stereocenters. The minimum Gasteiger partial charge on any atom is -0.496 e. The Morgan fingerprint density at radius 1 is 1.00 bits per heavy atom. The highest BCUT2D eigenvalue weighted by molar-refractivity contribution is 5.75. The molecule has 2 atom stereocenters. The number of rotatable bonds is 6. The molecule has 1 aliphatic heterocycles. The van der Waals surface area contributed by atoms with Crippen LogP contribution >= 0.6 is 0 Å². The molecule has 2 amide bonds. The summed E-state index contributed by atoms with van der Waals surface area (Å²) >= 11 is 0. The SMILES string of the molecule is COc1ccccc1[C@@H](C)NC(=O)N[C@@H](c1ccc2c(c1)OCCCO2)C(C)C. The average Bonchev–Trinajstić information content (AvgIpc) is 2.96. The van der Waals surface area contributed by atoms with Crippen LogP contribution in [-0.4, -0.2) is 26.4 Å². The van der Waals surface area contributed by atoms with Gasteiger partial charge >= 0.3 is 6.03 Å². The van der Waals surface area contributed by atoms with E-state index in [9.17, 15) is 4.79 Å². The first-order valence-electron chi connectivity index (χ1n) is 10.1. The van der Waals surface area contributed by atoms with Crippen LogP contribution in [0.1, 0.15) is 50.4 Å². The van der Waals surface area contributed by atoms with Gasteiger partial charge in [-0.15, -0.1) is 0 Å². The summed E-state index contributed by atoms with van der Waals surface area (Å²) in [6.07, 6.45) is 0.860. The number of nitrogens with one attached hydrogen (secondary N) is 2. The minimum atomic E-state index is -0.228. The van der Waals surface area contributed by atoms with E-state index >= 15 is 0 Å². The molecule has 0 saturated heterocycles. The summed E-state index contributed by atoms with van der Waals surface area (Å²) in [5, 5.41) is 6.12. The van der Waals surface area contributed by atoms with E-state index in [2.05, 4.69) is 24.5 Å². The largest absolute Gasteiger partial charge is 0.496 e. The summed E-state index contributed by atoms with van der Waals surface area (Å²) < 4.78 is 16.9. The van der Waals surface area contributed by atoms with Crippen LogP contribution in [0, 0.1) is 5.92 Å². The molecule has 1 aliphatic rings. The quantitative estimate of drug-likeness (QED) is 0.745. The number of amides is 2. The van der Waals surface area contributed by atoms with Crippen molar-refractivity contribution in [3.63, 3.8) is 0 Å². The molecular formula is C23H30N2O4. The molecule has 0 fully saturated rings. The van der Waals surface area contributed by atoms with Crippen LogP contribution in [0.3, 0.4) is 0 Å². The fourth-order valence-corrected chi connectivity index (χ4v) is 3.49. The van der Waals surface area contributed by atoms with Gasteiger partial charge in [0.15, 0.2) is 11.5 Å². The molecule has 29 heavy (non-hydrogen) atoms. The highest BCUT2D eigenvalue weighted by Gasteiger charge is 2.22. The van der Waals surface area contributed by atoms with Gasteiger partial charge in [-0.25, -0.2) is 4.79 Å². The van der Waals surface area contributed by atoms with Crippen molar-refractivity contribution in [1.29, 1.82) is 0 Å². The second kappa shape index (κ2) is 9.54. The first kappa shape index (κ1) is 20.8. The normalized spacial score (nSPS) is 15.2. The van der Waals surface area contributed by atoms with Crippen LogP contribution < -0.4 is 24.8 Å². The van der Waals surface area contributed by atoms with E-state index in [1.165, 1.54) is 0 Å². The van der Waals surface area contributed by atoms with Crippen molar-refractivity contribution < 1.29 is 19.0 Å². The minimum absolute atomic E-state index is 0.156. The van der Waals surface area contributed by atoms with Crippen LogP contribution in [0.15, 0.2) is 42.5 Å². The van der Waals surface area contributed by atoms with Crippen molar-refractivity contribution in [2.24, 2.45) is 5.92 Å². The lowest BCUT2D eigenvalue weighted by Crippen LogP contribution is -2.40. The number of carbonyl (C=O) groups is 1. The number of ether oxygens (including phenoxy) is 3. The van der Waals surface area contributed by atoms with Crippen molar-refractivity contribution in [3.05, 3.63) is 53.6 Å². The van der Waals surface area contributed by atoms with Gasteiger partial charge in [-0.05, 0) is 36.6 Å². The van der Waals surface area contributed by atoms with Crippen LogP contribution in [-0.2, 0) is 0 Å². The van der Waals surface area contributed by atoms with Crippen molar-refractivity contribution in [2.45, 2.75) is 39.3 Å². The first-order valence-corrected chi connectivity index (χ1v) is 10.1. The van der Waals surface area contributed by atoms with Gasteiger partial charge < -0.3 is 24.8 Å². The zero-order chi connectivity index (χ0) is 20.8. The van der Waals surface area contributed by atoms with E-state index in [1.807, 2.05) is 49.4 Å². The third kappa shape index (κ3) is 5.13. The number of fused-ring (bicyclic) bond motifs is 1.